The molecular weight excluding hydrogens is 246 g/mol. The molecule has 0 fully saturated rings. The van der Waals surface area contributed by atoms with Gasteiger partial charge in [-0.15, -0.1) is 11.3 Å². The molecule has 0 saturated carbocycles. The van der Waals surface area contributed by atoms with Gasteiger partial charge in [-0.25, -0.2) is 4.98 Å². The fourth-order valence-electron chi connectivity index (χ4n) is 2.17. The summed E-state index contributed by atoms with van der Waals surface area (Å²) in [6, 6.07) is 6.27. The summed E-state index contributed by atoms with van der Waals surface area (Å²) < 4.78 is 5.61. The highest BCUT2D eigenvalue weighted by molar-refractivity contribution is 7.09. The van der Waals surface area contributed by atoms with E-state index in [0.717, 1.165) is 41.5 Å². The molecule has 1 aliphatic rings. The average molecular weight is 261 g/mol. The Morgan fingerprint density at radius 1 is 1.39 bits per heavy atom. The molecule has 0 atom stereocenters. The number of rotatable bonds is 3. The van der Waals surface area contributed by atoms with Crippen molar-refractivity contribution in [1.82, 2.24) is 4.98 Å². The Kier molecular flexibility index (Phi) is 3.30. The molecule has 1 N–H and O–H groups in total. The summed E-state index contributed by atoms with van der Waals surface area (Å²) in [6.45, 7) is 0.981. The molecule has 1 aliphatic heterocycles. The minimum Gasteiger partial charge on any atom is -0.493 e. The second-order valence-electron chi connectivity index (χ2n) is 4.37. The average Bonchev–Trinajstić information content (AvgIpc) is 2.87. The Balaban J connectivity index is 1.91. The molecule has 0 bridgehead atoms. The molecule has 94 valence electrons. The highest BCUT2D eigenvalue weighted by Crippen LogP contribution is 2.30. The summed E-state index contributed by atoms with van der Waals surface area (Å²) in [5.74, 6) is 1.01. The maximum Gasteiger partial charge on any atom is 0.122 e. The van der Waals surface area contributed by atoms with Gasteiger partial charge < -0.3 is 9.84 Å². The number of thiazole rings is 1. The quantitative estimate of drug-likeness (QED) is 0.923. The van der Waals surface area contributed by atoms with E-state index >= 15 is 0 Å². The van der Waals surface area contributed by atoms with Crippen molar-refractivity contribution in [2.45, 2.75) is 19.3 Å². The molecule has 3 rings (SSSR count). The molecule has 18 heavy (non-hydrogen) atoms. The Morgan fingerprint density at radius 3 is 3.22 bits per heavy atom. The standard InChI is InChI=1S/C14H15NO2S/c16-6-5-14-15-12(9-18-14)10-3-4-13-11(8-10)2-1-7-17-13/h3-4,8-9,16H,1-2,5-7H2. The van der Waals surface area contributed by atoms with Gasteiger partial charge in [-0.3, -0.25) is 0 Å². The van der Waals surface area contributed by atoms with Gasteiger partial charge in [0.2, 0.25) is 0 Å². The fraction of sp³-hybridized carbons (Fsp3) is 0.357. The maximum absolute atomic E-state index is 8.91. The van der Waals surface area contributed by atoms with E-state index in [2.05, 4.69) is 22.5 Å². The molecule has 1 aromatic carbocycles. The van der Waals surface area contributed by atoms with Crippen molar-refractivity contribution in [3.8, 4) is 17.0 Å². The maximum atomic E-state index is 8.91. The highest BCUT2D eigenvalue weighted by Gasteiger charge is 2.12. The van der Waals surface area contributed by atoms with Crippen LogP contribution in [0.25, 0.3) is 11.3 Å². The molecule has 0 spiro atoms. The number of hydrogen-bond acceptors (Lipinski definition) is 4. The summed E-state index contributed by atoms with van der Waals surface area (Å²) in [7, 11) is 0. The summed E-state index contributed by atoms with van der Waals surface area (Å²) in [5.41, 5.74) is 3.41. The van der Waals surface area contributed by atoms with Crippen LogP contribution in [0.3, 0.4) is 0 Å². The lowest BCUT2D eigenvalue weighted by atomic mass is 10.0. The number of aryl methyl sites for hydroxylation is 1. The predicted octanol–water partition coefficient (Wildman–Crippen LogP) is 2.67. The van der Waals surface area contributed by atoms with Crippen molar-refractivity contribution < 1.29 is 9.84 Å². The van der Waals surface area contributed by atoms with Crippen molar-refractivity contribution >= 4 is 11.3 Å². The summed E-state index contributed by atoms with van der Waals surface area (Å²) in [4.78, 5) is 4.54. The number of ether oxygens (including phenoxy) is 1. The largest absolute Gasteiger partial charge is 0.493 e. The first-order valence-electron chi connectivity index (χ1n) is 6.18. The van der Waals surface area contributed by atoms with Gasteiger partial charge in [-0.2, -0.15) is 0 Å². The van der Waals surface area contributed by atoms with Gasteiger partial charge >= 0.3 is 0 Å². The van der Waals surface area contributed by atoms with Crippen LogP contribution in [-0.2, 0) is 12.8 Å². The number of aliphatic hydroxyl groups excluding tert-OH is 1. The molecule has 3 nitrogen and oxygen atoms in total. The number of aromatic nitrogens is 1. The molecule has 1 aromatic heterocycles. The van der Waals surface area contributed by atoms with Gasteiger partial charge in [-0.1, -0.05) is 0 Å². The lowest BCUT2D eigenvalue weighted by Gasteiger charge is -2.17. The Hall–Kier alpha value is -1.39. The van der Waals surface area contributed by atoms with Crippen LogP contribution in [-0.4, -0.2) is 23.3 Å². The lowest BCUT2D eigenvalue weighted by Crippen LogP contribution is -2.08. The third-order valence-corrected chi connectivity index (χ3v) is 3.99. The van der Waals surface area contributed by atoms with Crippen LogP contribution in [0.2, 0.25) is 0 Å². The fourth-order valence-corrected chi connectivity index (χ4v) is 2.97. The Bertz CT molecular complexity index is 550. The van der Waals surface area contributed by atoms with E-state index in [-0.39, 0.29) is 6.61 Å². The molecule has 0 radical (unpaired) electrons. The van der Waals surface area contributed by atoms with Gasteiger partial charge in [0.05, 0.1) is 17.3 Å². The molecule has 0 saturated heterocycles. The van der Waals surface area contributed by atoms with Crippen LogP contribution in [0.5, 0.6) is 5.75 Å². The van der Waals surface area contributed by atoms with Crippen LogP contribution in [0.15, 0.2) is 23.6 Å². The Labute approximate surface area is 110 Å². The monoisotopic (exact) mass is 261 g/mol. The van der Waals surface area contributed by atoms with Crippen molar-refractivity contribution in [2.75, 3.05) is 13.2 Å². The van der Waals surface area contributed by atoms with Crippen LogP contribution in [0.1, 0.15) is 17.0 Å². The normalized spacial score (nSPS) is 14.1. The first-order chi connectivity index (χ1) is 8.86. The van der Waals surface area contributed by atoms with Gasteiger partial charge in [0.1, 0.15) is 5.75 Å². The zero-order chi connectivity index (χ0) is 12.4. The van der Waals surface area contributed by atoms with E-state index in [4.69, 9.17) is 9.84 Å². The van der Waals surface area contributed by atoms with Crippen LogP contribution < -0.4 is 4.74 Å². The minimum absolute atomic E-state index is 0.158. The summed E-state index contributed by atoms with van der Waals surface area (Å²) >= 11 is 1.60. The first kappa shape index (κ1) is 11.7. The molecule has 2 aromatic rings. The van der Waals surface area contributed by atoms with Gasteiger partial charge in [0.15, 0.2) is 0 Å². The number of benzene rings is 1. The minimum atomic E-state index is 0.158. The molecule has 0 unspecified atom stereocenters. The van der Waals surface area contributed by atoms with Crippen LogP contribution >= 0.6 is 11.3 Å². The first-order valence-corrected chi connectivity index (χ1v) is 7.06. The predicted molar refractivity (Wildman–Crippen MR) is 72.2 cm³/mol. The number of aliphatic hydroxyl groups is 1. The molecule has 0 amide bonds. The Morgan fingerprint density at radius 2 is 2.33 bits per heavy atom. The second kappa shape index (κ2) is 5.08. The molecular formula is C14H15NO2S. The van der Waals surface area contributed by atoms with E-state index in [1.54, 1.807) is 11.3 Å². The lowest BCUT2D eigenvalue weighted by molar-refractivity contribution is 0.288. The molecule has 2 heterocycles. The van der Waals surface area contributed by atoms with Crippen molar-refractivity contribution in [1.29, 1.82) is 0 Å². The SMILES string of the molecule is OCCc1nc(-c2ccc3c(c2)CCCO3)cs1. The van der Waals surface area contributed by atoms with Crippen LogP contribution in [0, 0.1) is 0 Å². The van der Waals surface area contributed by atoms with Crippen LogP contribution in [0.4, 0.5) is 0 Å². The molecule has 0 aliphatic carbocycles. The molecule has 4 heteroatoms. The van der Waals surface area contributed by atoms with Crippen molar-refractivity contribution in [3.63, 3.8) is 0 Å². The summed E-state index contributed by atoms with van der Waals surface area (Å²) in [6.07, 6.45) is 2.80. The van der Waals surface area contributed by atoms with E-state index in [0.29, 0.717) is 6.42 Å². The third-order valence-electron chi connectivity index (χ3n) is 3.08. The third kappa shape index (κ3) is 2.26. The highest BCUT2D eigenvalue weighted by atomic mass is 32.1. The van der Waals surface area contributed by atoms with Gasteiger partial charge in [0.25, 0.3) is 0 Å². The topological polar surface area (TPSA) is 42.4 Å². The van der Waals surface area contributed by atoms with Gasteiger partial charge in [-0.05, 0) is 36.6 Å². The van der Waals surface area contributed by atoms with E-state index in [1.165, 1.54) is 5.56 Å². The van der Waals surface area contributed by atoms with E-state index in [9.17, 15) is 0 Å². The zero-order valence-corrected chi connectivity index (χ0v) is 10.9. The second-order valence-corrected chi connectivity index (χ2v) is 5.32. The number of hydrogen-bond donors (Lipinski definition) is 1. The summed E-state index contributed by atoms with van der Waals surface area (Å²) in [5, 5.41) is 11.9. The smallest absolute Gasteiger partial charge is 0.122 e. The van der Waals surface area contributed by atoms with Gasteiger partial charge in [0, 0.05) is 24.0 Å². The number of nitrogens with zero attached hydrogens (tertiary/aromatic N) is 1. The van der Waals surface area contributed by atoms with Crippen molar-refractivity contribution in [2.24, 2.45) is 0 Å². The van der Waals surface area contributed by atoms with Crippen molar-refractivity contribution in [3.05, 3.63) is 34.2 Å². The van der Waals surface area contributed by atoms with E-state index in [1.807, 2.05) is 6.07 Å². The van der Waals surface area contributed by atoms with E-state index < -0.39 is 0 Å². The number of fused-ring (bicyclic) bond motifs is 1. The zero-order valence-electron chi connectivity index (χ0n) is 10.1.